The summed E-state index contributed by atoms with van der Waals surface area (Å²) in [5, 5.41) is 7.65. The summed E-state index contributed by atoms with van der Waals surface area (Å²) >= 11 is -1.52. The van der Waals surface area contributed by atoms with Crippen LogP contribution in [-0.4, -0.2) is 43.5 Å². The Balaban J connectivity index is 1.72. The van der Waals surface area contributed by atoms with Crippen LogP contribution in [0.2, 0.25) is 0 Å². The molecular weight excluding hydrogens is 634 g/mol. The minimum absolute atomic E-state index is 0.158. The summed E-state index contributed by atoms with van der Waals surface area (Å²) in [5.41, 5.74) is 0.752. The highest BCUT2D eigenvalue weighted by Gasteiger charge is 2.47. The maximum absolute atomic E-state index is 14.4. The highest BCUT2D eigenvalue weighted by molar-refractivity contribution is 7.90. The van der Waals surface area contributed by atoms with E-state index in [1.165, 1.54) is 35.2 Å². The van der Waals surface area contributed by atoms with Gasteiger partial charge in [-0.05, 0) is 82.6 Å². The van der Waals surface area contributed by atoms with Gasteiger partial charge in [-0.25, -0.2) is 9.07 Å². The monoisotopic (exact) mass is 669 g/mol. The molecule has 1 aliphatic rings. The van der Waals surface area contributed by atoms with E-state index in [2.05, 4.69) is 10.0 Å². The summed E-state index contributed by atoms with van der Waals surface area (Å²) in [7, 11) is 0. The number of nitrogens with one attached hydrogen (secondary N) is 2. The Labute approximate surface area is 273 Å². The van der Waals surface area contributed by atoms with Gasteiger partial charge in [0.05, 0.1) is 23.0 Å². The second-order valence-electron chi connectivity index (χ2n) is 12.2. The van der Waals surface area contributed by atoms with Crippen molar-refractivity contribution in [3.05, 3.63) is 113 Å². The molecule has 0 unspecified atom stereocenters. The molecule has 1 aromatic heterocycles. The SMILES string of the molecule is CCN1C(=O)[C@H](NC(=O)c2cccc(C(F)(F)F)c2)[C@H](c2ccc(F)cc2)c2c([C@@H](C)N[S@@+]([O-])C(C)(C)C)nn(-c3ccccc3)c21. The number of carbonyl (C=O) groups excluding carboxylic acids is 2. The first-order valence-corrected chi connectivity index (χ1v) is 16.2. The number of halogens is 4. The molecule has 4 atom stereocenters. The fourth-order valence-electron chi connectivity index (χ4n) is 5.58. The Bertz CT molecular complexity index is 1760. The van der Waals surface area contributed by atoms with Crippen molar-refractivity contribution in [2.45, 2.75) is 63.5 Å². The first kappa shape index (κ1) is 34.1. The number of likely N-dealkylation sites (N-methyl/N-ethyl adjacent to an activating group) is 1. The molecule has 47 heavy (non-hydrogen) atoms. The topological polar surface area (TPSA) is 102 Å². The van der Waals surface area contributed by atoms with E-state index in [1.54, 1.807) is 18.5 Å². The number of aromatic nitrogens is 2. The lowest BCUT2D eigenvalue weighted by Gasteiger charge is -2.39. The van der Waals surface area contributed by atoms with Crippen molar-refractivity contribution in [1.29, 1.82) is 0 Å². The number of benzene rings is 3. The Morgan fingerprint density at radius 3 is 2.28 bits per heavy atom. The van der Waals surface area contributed by atoms with Crippen molar-refractivity contribution in [3.63, 3.8) is 0 Å². The van der Waals surface area contributed by atoms with Crippen LogP contribution in [0.5, 0.6) is 0 Å². The third-order valence-electron chi connectivity index (χ3n) is 7.89. The van der Waals surface area contributed by atoms with Crippen LogP contribution < -0.4 is 14.9 Å². The molecule has 248 valence electrons. The van der Waals surface area contributed by atoms with E-state index >= 15 is 0 Å². The van der Waals surface area contributed by atoms with Crippen molar-refractivity contribution in [2.24, 2.45) is 0 Å². The fourth-order valence-corrected chi connectivity index (χ4v) is 6.37. The molecular formula is C34H35F4N5O3S. The number of hydrogen-bond donors (Lipinski definition) is 2. The zero-order valence-corrected chi connectivity index (χ0v) is 27.2. The summed E-state index contributed by atoms with van der Waals surface area (Å²) in [4.78, 5) is 29.4. The Kier molecular flexibility index (Phi) is 9.54. The van der Waals surface area contributed by atoms with Gasteiger partial charge in [0.15, 0.2) is 0 Å². The quantitative estimate of drug-likeness (QED) is 0.166. The predicted octanol–water partition coefficient (Wildman–Crippen LogP) is 6.44. The van der Waals surface area contributed by atoms with E-state index in [1.807, 2.05) is 51.1 Å². The van der Waals surface area contributed by atoms with E-state index in [9.17, 15) is 31.7 Å². The smallest absolute Gasteiger partial charge is 0.416 e. The van der Waals surface area contributed by atoms with E-state index < -0.39 is 63.5 Å². The molecule has 2 heterocycles. The van der Waals surface area contributed by atoms with Crippen LogP contribution in [0.4, 0.5) is 23.4 Å². The number of fused-ring (bicyclic) bond motifs is 1. The van der Waals surface area contributed by atoms with Gasteiger partial charge in [0.25, 0.3) is 11.8 Å². The first-order valence-electron chi connectivity index (χ1n) is 15.0. The largest absolute Gasteiger partial charge is 0.598 e. The summed E-state index contributed by atoms with van der Waals surface area (Å²) in [6.07, 6.45) is -4.68. The molecule has 1 aliphatic heterocycles. The summed E-state index contributed by atoms with van der Waals surface area (Å²) in [5.74, 6) is -2.48. The van der Waals surface area contributed by atoms with Gasteiger partial charge < -0.3 is 9.87 Å². The minimum atomic E-state index is -4.68. The third kappa shape index (κ3) is 6.92. The van der Waals surface area contributed by atoms with Crippen LogP contribution in [0.3, 0.4) is 0 Å². The summed E-state index contributed by atoms with van der Waals surface area (Å²) in [6.45, 7) is 9.15. The third-order valence-corrected chi connectivity index (χ3v) is 9.57. The maximum atomic E-state index is 14.4. The predicted molar refractivity (Wildman–Crippen MR) is 172 cm³/mol. The van der Waals surface area contributed by atoms with Crippen LogP contribution in [-0.2, 0) is 22.3 Å². The van der Waals surface area contributed by atoms with Gasteiger partial charge in [-0.15, -0.1) is 4.72 Å². The molecule has 2 N–H and O–H groups in total. The molecule has 0 bridgehead atoms. The molecule has 4 aromatic rings. The van der Waals surface area contributed by atoms with E-state index in [0.717, 1.165) is 18.2 Å². The molecule has 5 rings (SSSR count). The number of anilines is 1. The van der Waals surface area contributed by atoms with Crippen molar-refractivity contribution in [3.8, 4) is 5.69 Å². The highest BCUT2D eigenvalue weighted by Crippen LogP contribution is 2.45. The first-order chi connectivity index (χ1) is 22.1. The van der Waals surface area contributed by atoms with Crippen molar-refractivity contribution >= 4 is 29.0 Å². The van der Waals surface area contributed by atoms with Gasteiger partial charge in [-0.3, -0.25) is 14.5 Å². The fraction of sp³-hybridized carbons (Fsp3) is 0.324. The molecule has 0 aliphatic carbocycles. The molecule has 13 heteroatoms. The van der Waals surface area contributed by atoms with Crippen LogP contribution >= 0.6 is 0 Å². The zero-order valence-electron chi connectivity index (χ0n) is 26.4. The average molecular weight is 670 g/mol. The van der Waals surface area contributed by atoms with Crippen LogP contribution in [0.1, 0.15) is 79.3 Å². The molecule has 0 fully saturated rings. The molecule has 2 amide bonds. The highest BCUT2D eigenvalue weighted by atomic mass is 32.2. The number of hydrogen-bond acceptors (Lipinski definition) is 5. The number of amides is 2. The number of carbonyl (C=O) groups is 2. The number of para-hydroxylation sites is 1. The van der Waals surface area contributed by atoms with Gasteiger partial charge in [-0.1, -0.05) is 36.4 Å². The molecule has 0 radical (unpaired) electrons. The van der Waals surface area contributed by atoms with Gasteiger partial charge in [-0.2, -0.15) is 18.3 Å². The van der Waals surface area contributed by atoms with Gasteiger partial charge in [0.2, 0.25) is 0 Å². The van der Waals surface area contributed by atoms with Crippen molar-refractivity contribution in [2.75, 3.05) is 11.4 Å². The van der Waals surface area contributed by atoms with Crippen LogP contribution in [0.25, 0.3) is 5.69 Å². The molecule has 3 aromatic carbocycles. The number of alkyl halides is 3. The van der Waals surface area contributed by atoms with E-state index in [0.29, 0.717) is 28.3 Å². The van der Waals surface area contributed by atoms with Gasteiger partial charge in [0.1, 0.15) is 22.4 Å². The van der Waals surface area contributed by atoms with E-state index in [-0.39, 0.29) is 12.1 Å². The Morgan fingerprint density at radius 1 is 1.02 bits per heavy atom. The zero-order chi connectivity index (χ0) is 34.3. The molecule has 8 nitrogen and oxygen atoms in total. The van der Waals surface area contributed by atoms with Crippen molar-refractivity contribution in [1.82, 2.24) is 19.8 Å². The lowest BCUT2D eigenvalue weighted by molar-refractivity contribution is -0.137. The minimum Gasteiger partial charge on any atom is -0.598 e. The molecule has 0 spiro atoms. The van der Waals surface area contributed by atoms with Crippen LogP contribution in [0.15, 0.2) is 78.9 Å². The Hall–Kier alpha value is -4.20. The molecule has 0 saturated heterocycles. The van der Waals surface area contributed by atoms with Crippen LogP contribution in [0, 0.1) is 5.82 Å². The Morgan fingerprint density at radius 2 is 1.68 bits per heavy atom. The second-order valence-corrected chi connectivity index (χ2v) is 14.2. The number of rotatable bonds is 8. The normalized spacial score (nSPS) is 18.1. The summed E-state index contributed by atoms with van der Waals surface area (Å²) in [6, 6.07) is 16.5. The average Bonchev–Trinajstić information content (AvgIpc) is 3.42. The maximum Gasteiger partial charge on any atom is 0.416 e. The standard InChI is InChI=1S/C34H35F4N5O3S/c1-6-42-31-27(28(20(2)41-47(46)33(3,4)5)40-43(31)25-13-8-7-9-14-25)26(21-15-17-24(35)18-16-21)29(32(42)45)39-30(44)22-11-10-12-23(19-22)34(36,37)38/h7-20,26,29,41H,6H2,1-5H3,(H,39,44)/t20-,26-,29-,47+/m1/s1. The van der Waals surface area contributed by atoms with E-state index in [4.69, 9.17) is 5.10 Å². The van der Waals surface area contributed by atoms with Gasteiger partial charge in [0, 0.05) is 35.0 Å². The lowest BCUT2D eigenvalue weighted by atomic mass is 9.80. The summed E-state index contributed by atoms with van der Waals surface area (Å²) < 4.78 is 72.0. The lowest BCUT2D eigenvalue weighted by Crippen LogP contribution is -2.55. The number of nitrogens with zero attached hydrogens (tertiary/aromatic N) is 3. The van der Waals surface area contributed by atoms with Crippen molar-refractivity contribution < 1.29 is 31.7 Å². The second kappa shape index (κ2) is 13.1. The molecule has 0 saturated carbocycles. The van der Waals surface area contributed by atoms with Gasteiger partial charge >= 0.3 is 6.18 Å².